The second kappa shape index (κ2) is 7.38. The number of nitrogens with two attached hydrogens (primary N) is 1. The van der Waals surface area contributed by atoms with Gasteiger partial charge in [0.2, 0.25) is 0 Å². The molecule has 0 saturated carbocycles. The van der Waals surface area contributed by atoms with E-state index in [9.17, 15) is 0 Å². The summed E-state index contributed by atoms with van der Waals surface area (Å²) < 4.78 is 0. The summed E-state index contributed by atoms with van der Waals surface area (Å²) in [5.41, 5.74) is 4.23. The Kier molecular flexibility index (Phi) is 5.81. The molecule has 1 heterocycles. The summed E-state index contributed by atoms with van der Waals surface area (Å²) >= 11 is 6.06. The fourth-order valence-corrected chi connectivity index (χ4v) is 3.18. The fourth-order valence-electron chi connectivity index (χ4n) is 2.96. The molecule has 3 N–H and O–H groups in total. The Balaban J connectivity index is 2.09. The highest BCUT2D eigenvalue weighted by atomic mass is 35.5. The van der Waals surface area contributed by atoms with Crippen LogP contribution in [-0.4, -0.2) is 55.6 Å². The van der Waals surface area contributed by atoms with Crippen LogP contribution in [0.1, 0.15) is 12.0 Å². The van der Waals surface area contributed by atoms with Crippen molar-refractivity contribution in [3.63, 3.8) is 0 Å². The molecule has 0 radical (unpaired) electrons. The minimum Gasteiger partial charge on any atom is -0.305 e. The molecule has 1 aromatic carbocycles. The zero-order chi connectivity index (χ0) is 14.5. The van der Waals surface area contributed by atoms with Crippen LogP contribution < -0.4 is 11.3 Å². The summed E-state index contributed by atoms with van der Waals surface area (Å²) in [7, 11) is 4.37. The molecule has 1 aliphatic heterocycles. The zero-order valence-electron chi connectivity index (χ0n) is 12.3. The van der Waals surface area contributed by atoms with Crippen molar-refractivity contribution >= 4 is 11.6 Å². The number of hydrazine groups is 1. The van der Waals surface area contributed by atoms with Gasteiger partial charge in [0, 0.05) is 23.7 Å². The van der Waals surface area contributed by atoms with Gasteiger partial charge in [-0.05, 0) is 57.7 Å². The Hall–Kier alpha value is -0.650. The number of hydrogen-bond acceptors (Lipinski definition) is 4. The van der Waals surface area contributed by atoms with Crippen LogP contribution in [0, 0.1) is 0 Å². The molecular formula is C15H25ClN4. The largest absolute Gasteiger partial charge is 0.305 e. The van der Waals surface area contributed by atoms with Crippen LogP contribution in [0.4, 0.5) is 0 Å². The van der Waals surface area contributed by atoms with E-state index in [1.54, 1.807) is 0 Å². The van der Waals surface area contributed by atoms with E-state index >= 15 is 0 Å². The Labute approximate surface area is 126 Å². The first-order valence-electron chi connectivity index (χ1n) is 7.19. The van der Waals surface area contributed by atoms with Gasteiger partial charge in [-0.1, -0.05) is 23.7 Å². The highest BCUT2D eigenvalue weighted by Gasteiger charge is 2.27. The van der Waals surface area contributed by atoms with Crippen molar-refractivity contribution < 1.29 is 0 Å². The summed E-state index contributed by atoms with van der Waals surface area (Å²) in [6, 6.07) is 8.66. The van der Waals surface area contributed by atoms with E-state index in [4.69, 9.17) is 17.4 Å². The van der Waals surface area contributed by atoms with Crippen molar-refractivity contribution in [2.24, 2.45) is 5.84 Å². The molecule has 5 heteroatoms. The van der Waals surface area contributed by atoms with Crippen LogP contribution in [0.5, 0.6) is 0 Å². The SMILES string of the molecule is CN1CCCN(C)C(C(Cc2cccc(Cl)c2)NN)C1. The smallest absolute Gasteiger partial charge is 0.0418 e. The molecular weight excluding hydrogens is 272 g/mol. The maximum absolute atomic E-state index is 6.06. The number of benzene rings is 1. The van der Waals surface area contributed by atoms with Crippen LogP contribution in [0.15, 0.2) is 24.3 Å². The first kappa shape index (κ1) is 15.7. The predicted molar refractivity (Wildman–Crippen MR) is 84.8 cm³/mol. The molecule has 1 fully saturated rings. The Bertz CT molecular complexity index is 426. The van der Waals surface area contributed by atoms with E-state index in [0.29, 0.717) is 6.04 Å². The molecule has 2 atom stereocenters. The van der Waals surface area contributed by atoms with Gasteiger partial charge in [-0.3, -0.25) is 11.3 Å². The van der Waals surface area contributed by atoms with E-state index < -0.39 is 0 Å². The monoisotopic (exact) mass is 296 g/mol. The summed E-state index contributed by atoms with van der Waals surface area (Å²) in [6.07, 6.45) is 2.10. The molecule has 1 aliphatic rings. The van der Waals surface area contributed by atoms with E-state index in [1.807, 2.05) is 18.2 Å². The van der Waals surface area contributed by atoms with E-state index in [1.165, 1.54) is 12.0 Å². The minimum absolute atomic E-state index is 0.221. The molecule has 1 aromatic rings. The van der Waals surface area contributed by atoms with Crippen molar-refractivity contribution in [1.29, 1.82) is 0 Å². The molecule has 0 bridgehead atoms. The fraction of sp³-hybridized carbons (Fsp3) is 0.600. The molecule has 0 aromatic heterocycles. The van der Waals surface area contributed by atoms with Gasteiger partial charge in [0.1, 0.15) is 0 Å². The van der Waals surface area contributed by atoms with E-state index in [2.05, 4.69) is 35.4 Å². The number of halogens is 1. The summed E-state index contributed by atoms with van der Waals surface area (Å²) in [6.45, 7) is 3.30. The topological polar surface area (TPSA) is 44.5 Å². The Morgan fingerprint density at radius 3 is 2.90 bits per heavy atom. The van der Waals surface area contributed by atoms with Gasteiger partial charge in [0.05, 0.1) is 0 Å². The zero-order valence-corrected chi connectivity index (χ0v) is 13.1. The molecule has 0 aliphatic carbocycles. The maximum Gasteiger partial charge on any atom is 0.0418 e. The van der Waals surface area contributed by atoms with Gasteiger partial charge in [0.15, 0.2) is 0 Å². The summed E-state index contributed by atoms with van der Waals surface area (Å²) in [4.78, 5) is 4.80. The van der Waals surface area contributed by atoms with Gasteiger partial charge in [-0.15, -0.1) is 0 Å². The Morgan fingerprint density at radius 2 is 2.20 bits per heavy atom. The average Bonchev–Trinajstić information content (AvgIpc) is 2.58. The van der Waals surface area contributed by atoms with E-state index in [0.717, 1.165) is 31.1 Å². The number of nitrogens with one attached hydrogen (secondary N) is 1. The number of likely N-dealkylation sites (N-methyl/N-ethyl adjacent to an activating group) is 2. The van der Waals surface area contributed by atoms with Gasteiger partial charge in [0.25, 0.3) is 0 Å². The van der Waals surface area contributed by atoms with Crippen molar-refractivity contribution in [2.75, 3.05) is 33.7 Å². The molecule has 2 rings (SSSR count). The quantitative estimate of drug-likeness (QED) is 0.650. The minimum atomic E-state index is 0.221. The normalized spacial score (nSPS) is 23.5. The number of nitrogens with zero attached hydrogens (tertiary/aromatic N) is 2. The lowest BCUT2D eigenvalue weighted by atomic mass is 9.98. The molecule has 0 spiro atoms. The van der Waals surface area contributed by atoms with Crippen LogP contribution in [-0.2, 0) is 6.42 Å². The molecule has 1 saturated heterocycles. The Morgan fingerprint density at radius 1 is 1.40 bits per heavy atom. The maximum atomic E-state index is 6.06. The molecule has 112 valence electrons. The van der Waals surface area contributed by atoms with Crippen molar-refractivity contribution in [3.05, 3.63) is 34.9 Å². The lowest BCUT2D eigenvalue weighted by molar-refractivity contribution is 0.177. The molecule has 20 heavy (non-hydrogen) atoms. The van der Waals surface area contributed by atoms with Gasteiger partial charge < -0.3 is 9.80 Å². The van der Waals surface area contributed by atoms with Gasteiger partial charge in [-0.2, -0.15) is 0 Å². The van der Waals surface area contributed by atoms with Crippen LogP contribution in [0.25, 0.3) is 0 Å². The highest BCUT2D eigenvalue weighted by Crippen LogP contribution is 2.16. The van der Waals surface area contributed by atoms with Gasteiger partial charge >= 0.3 is 0 Å². The number of hydrogen-bond donors (Lipinski definition) is 2. The lowest BCUT2D eigenvalue weighted by Gasteiger charge is -2.34. The first-order valence-corrected chi connectivity index (χ1v) is 7.57. The average molecular weight is 297 g/mol. The second-order valence-corrected chi connectivity index (χ2v) is 6.21. The second-order valence-electron chi connectivity index (χ2n) is 5.77. The molecule has 2 unspecified atom stereocenters. The van der Waals surface area contributed by atoms with Crippen molar-refractivity contribution in [3.8, 4) is 0 Å². The van der Waals surface area contributed by atoms with Crippen LogP contribution in [0.3, 0.4) is 0 Å². The van der Waals surface area contributed by atoms with Crippen LogP contribution in [0.2, 0.25) is 5.02 Å². The van der Waals surface area contributed by atoms with Gasteiger partial charge in [-0.25, -0.2) is 0 Å². The summed E-state index contributed by atoms with van der Waals surface area (Å²) in [5, 5.41) is 0.782. The van der Waals surface area contributed by atoms with Crippen molar-refractivity contribution in [2.45, 2.75) is 24.9 Å². The summed E-state index contributed by atoms with van der Waals surface area (Å²) in [5.74, 6) is 5.82. The standard InChI is InChI=1S/C15H25ClN4/c1-19-7-4-8-20(2)15(11-19)14(18-17)10-12-5-3-6-13(16)9-12/h3,5-6,9,14-15,18H,4,7-8,10-11,17H2,1-2H3. The first-order chi connectivity index (χ1) is 9.60. The van der Waals surface area contributed by atoms with Crippen molar-refractivity contribution in [1.82, 2.24) is 15.2 Å². The predicted octanol–water partition coefficient (Wildman–Crippen LogP) is 1.35. The third kappa shape index (κ3) is 4.17. The highest BCUT2D eigenvalue weighted by molar-refractivity contribution is 6.30. The molecule has 4 nitrogen and oxygen atoms in total. The lowest BCUT2D eigenvalue weighted by Crippen LogP contribution is -2.55. The number of rotatable bonds is 4. The van der Waals surface area contributed by atoms with E-state index in [-0.39, 0.29) is 6.04 Å². The third-order valence-electron chi connectivity index (χ3n) is 4.14. The van der Waals surface area contributed by atoms with Crippen LogP contribution >= 0.6 is 11.6 Å². The molecule has 0 amide bonds. The third-order valence-corrected chi connectivity index (χ3v) is 4.37.